The van der Waals surface area contributed by atoms with Gasteiger partial charge in [0.25, 0.3) is 0 Å². The zero-order chi connectivity index (χ0) is 16.1. The highest BCUT2D eigenvalue weighted by atomic mass is 19.1. The molecule has 0 atom stereocenters. The molecule has 0 radical (unpaired) electrons. The molecule has 5 nitrogen and oxygen atoms in total. The monoisotopic (exact) mass is 308 g/mol. The zero-order valence-electron chi connectivity index (χ0n) is 12.1. The molecule has 0 saturated carbocycles. The first kappa shape index (κ1) is 14.6. The molecule has 6 heteroatoms. The van der Waals surface area contributed by atoms with Crippen molar-refractivity contribution >= 4 is 11.5 Å². The van der Waals surface area contributed by atoms with Crippen LogP contribution in [0.15, 0.2) is 72.0 Å². The third-order valence-electron chi connectivity index (χ3n) is 3.06. The molecule has 1 heterocycles. The normalized spacial score (nSPS) is 10.1. The minimum Gasteiger partial charge on any atom is -0.381 e. The summed E-state index contributed by atoms with van der Waals surface area (Å²) in [5.74, 6) is -0.987. The van der Waals surface area contributed by atoms with Crippen LogP contribution in [0.5, 0.6) is 6.01 Å². The Balaban J connectivity index is 1.96. The molecule has 0 saturated heterocycles. The van der Waals surface area contributed by atoms with E-state index >= 15 is 0 Å². The number of hydrogen-bond acceptors (Lipinski definition) is 5. The molecule has 3 rings (SSSR count). The second-order valence-electron chi connectivity index (χ2n) is 4.65. The number of halogens is 1. The van der Waals surface area contributed by atoms with Crippen LogP contribution in [0.25, 0.3) is 0 Å². The molecule has 2 aromatic carbocycles. The van der Waals surface area contributed by atoms with E-state index in [0.717, 1.165) is 17.3 Å². The van der Waals surface area contributed by atoms with Crippen LogP contribution in [0.2, 0.25) is 0 Å². The molecule has 0 amide bonds. The summed E-state index contributed by atoms with van der Waals surface area (Å²) in [6, 6.07) is 19.0. The fourth-order valence-electron chi connectivity index (χ4n) is 1.96. The number of nitrogens with two attached hydrogens (primary N) is 1. The fraction of sp³-hybridized carbons (Fsp3) is 0. The Kier molecular flexibility index (Phi) is 4.24. The van der Waals surface area contributed by atoms with Gasteiger partial charge < -0.3 is 10.6 Å². The van der Waals surface area contributed by atoms with Gasteiger partial charge in [-0.3, -0.25) is 0 Å². The van der Waals surface area contributed by atoms with Crippen molar-refractivity contribution in [3.8, 4) is 6.01 Å². The van der Waals surface area contributed by atoms with E-state index in [9.17, 15) is 4.39 Å². The van der Waals surface area contributed by atoms with E-state index in [1.165, 1.54) is 0 Å². The number of nitrogen functional groups attached to an aromatic ring is 1. The van der Waals surface area contributed by atoms with Gasteiger partial charge in [0, 0.05) is 11.1 Å². The Morgan fingerprint density at radius 2 is 1.52 bits per heavy atom. The zero-order valence-corrected chi connectivity index (χ0v) is 12.1. The lowest BCUT2D eigenvalue weighted by Gasteiger charge is -2.06. The van der Waals surface area contributed by atoms with Crippen LogP contribution >= 0.6 is 0 Å². The lowest BCUT2D eigenvalue weighted by Crippen LogP contribution is -2.07. The average Bonchev–Trinajstić information content (AvgIpc) is 2.60. The van der Waals surface area contributed by atoms with E-state index in [1.54, 1.807) is 0 Å². The van der Waals surface area contributed by atoms with Crippen LogP contribution in [-0.4, -0.2) is 15.7 Å². The Morgan fingerprint density at radius 1 is 0.957 bits per heavy atom. The first-order chi connectivity index (χ1) is 11.2. The summed E-state index contributed by atoms with van der Waals surface area (Å²) in [7, 11) is 0. The number of rotatable bonds is 4. The van der Waals surface area contributed by atoms with Gasteiger partial charge >= 0.3 is 6.01 Å². The molecule has 0 bridgehead atoms. The number of anilines is 1. The van der Waals surface area contributed by atoms with Crippen molar-refractivity contribution in [2.75, 3.05) is 5.73 Å². The van der Waals surface area contributed by atoms with Gasteiger partial charge in [-0.15, -0.1) is 0 Å². The molecule has 0 unspecified atom stereocenters. The summed E-state index contributed by atoms with van der Waals surface area (Å²) in [4.78, 5) is 12.6. The summed E-state index contributed by atoms with van der Waals surface area (Å²) in [6.45, 7) is 0. The third-order valence-corrected chi connectivity index (χ3v) is 3.06. The number of hydrogen-bond donors (Lipinski definition) is 1. The van der Waals surface area contributed by atoms with Crippen molar-refractivity contribution in [2.24, 2.45) is 5.16 Å². The largest absolute Gasteiger partial charge is 0.381 e. The van der Waals surface area contributed by atoms with Gasteiger partial charge in [-0.05, 0) is 0 Å². The Morgan fingerprint density at radius 3 is 2.04 bits per heavy atom. The molecule has 23 heavy (non-hydrogen) atoms. The maximum Gasteiger partial charge on any atom is 0.347 e. The van der Waals surface area contributed by atoms with E-state index in [2.05, 4.69) is 15.1 Å². The Labute approximate surface area is 132 Å². The van der Waals surface area contributed by atoms with Crippen molar-refractivity contribution in [3.05, 3.63) is 83.8 Å². The topological polar surface area (TPSA) is 73.4 Å². The smallest absolute Gasteiger partial charge is 0.347 e. The van der Waals surface area contributed by atoms with Crippen LogP contribution in [-0.2, 0) is 0 Å². The molecule has 3 aromatic rings. The van der Waals surface area contributed by atoms with Crippen LogP contribution in [0, 0.1) is 5.82 Å². The molecule has 114 valence electrons. The highest BCUT2D eigenvalue weighted by molar-refractivity contribution is 6.12. The standard InChI is InChI=1S/C17H13FN4O/c18-14-11-20-17(21-16(14)19)23-22-15(12-7-3-1-4-8-12)13-9-5-2-6-10-13/h1-11H,(H2,19,20,21). The predicted molar refractivity (Wildman–Crippen MR) is 85.6 cm³/mol. The number of oxime groups is 1. The van der Waals surface area contributed by atoms with Gasteiger partial charge in [0.05, 0.1) is 6.20 Å². The van der Waals surface area contributed by atoms with Crippen LogP contribution in [0.3, 0.4) is 0 Å². The molecule has 2 N–H and O–H groups in total. The second-order valence-corrected chi connectivity index (χ2v) is 4.65. The lowest BCUT2D eigenvalue weighted by atomic mass is 10.0. The van der Waals surface area contributed by atoms with Crippen molar-refractivity contribution in [1.29, 1.82) is 0 Å². The summed E-state index contributed by atoms with van der Waals surface area (Å²) >= 11 is 0. The van der Waals surface area contributed by atoms with E-state index in [1.807, 2.05) is 60.7 Å². The van der Waals surface area contributed by atoms with Crippen LogP contribution in [0.4, 0.5) is 10.2 Å². The van der Waals surface area contributed by atoms with E-state index < -0.39 is 5.82 Å². The molecular formula is C17H13FN4O. The number of aromatic nitrogens is 2. The van der Waals surface area contributed by atoms with Crippen LogP contribution < -0.4 is 10.6 Å². The molecule has 0 aliphatic rings. The molecular weight excluding hydrogens is 295 g/mol. The quantitative estimate of drug-likeness (QED) is 0.594. The Bertz CT molecular complexity index is 781. The summed E-state index contributed by atoms with van der Waals surface area (Å²) in [5, 5.41) is 4.12. The van der Waals surface area contributed by atoms with E-state index in [-0.39, 0.29) is 11.8 Å². The summed E-state index contributed by atoms with van der Waals surface area (Å²) in [6.07, 6.45) is 0.942. The highest BCUT2D eigenvalue weighted by Gasteiger charge is 2.09. The number of nitrogens with zero attached hydrogens (tertiary/aromatic N) is 3. The van der Waals surface area contributed by atoms with Crippen molar-refractivity contribution in [2.45, 2.75) is 0 Å². The SMILES string of the molecule is Nc1nc(ON=C(c2ccccc2)c2ccccc2)ncc1F. The minimum absolute atomic E-state index is 0.117. The van der Waals surface area contributed by atoms with Gasteiger partial charge in [-0.25, -0.2) is 4.39 Å². The molecule has 0 fully saturated rings. The third kappa shape index (κ3) is 3.49. The van der Waals surface area contributed by atoms with Crippen LogP contribution in [0.1, 0.15) is 11.1 Å². The first-order valence-corrected chi connectivity index (χ1v) is 6.88. The fourth-order valence-corrected chi connectivity index (χ4v) is 1.96. The summed E-state index contributed by atoms with van der Waals surface area (Å²) in [5.41, 5.74) is 7.74. The number of benzene rings is 2. The van der Waals surface area contributed by atoms with Gasteiger partial charge in [-0.2, -0.15) is 9.97 Å². The minimum atomic E-state index is -0.701. The van der Waals surface area contributed by atoms with E-state index in [4.69, 9.17) is 10.6 Å². The first-order valence-electron chi connectivity index (χ1n) is 6.88. The molecule has 0 aliphatic carbocycles. The average molecular weight is 308 g/mol. The van der Waals surface area contributed by atoms with Crippen molar-refractivity contribution in [1.82, 2.24) is 9.97 Å². The Hall–Kier alpha value is -3.28. The lowest BCUT2D eigenvalue weighted by molar-refractivity contribution is 0.312. The van der Waals surface area contributed by atoms with Crippen molar-refractivity contribution in [3.63, 3.8) is 0 Å². The predicted octanol–water partition coefficient (Wildman–Crippen LogP) is 3.03. The van der Waals surface area contributed by atoms with Gasteiger partial charge in [0.15, 0.2) is 11.6 Å². The summed E-state index contributed by atoms with van der Waals surface area (Å²) < 4.78 is 13.1. The molecule has 0 spiro atoms. The highest BCUT2D eigenvalue weighted by Crippen LogP contribution is 2.13. The molecule has 0 aliphatic heterocycles. The maximum atomic E-state index is 13.1. The van der Waals surface area contributed by atoms with Crippen molar-refractivity contribution < 1.29 is 9.23 Å². The van der Waals surface area contributed by atoms with Gasteiger partial charge in [0.1, 0.15) is 5.71 Å². The maximum absolute atomic E-state index is 13.1. The van der Waals surface area contributed by atoms with Gasteiger partial charge in [0.2, 0.25) is 0 Å². The van der Waals surface area contributed by atoms with E-state index in [0.29, 0.717) is 5.71 Å². The van der Waals surface area contributed by atoms with Gasteiger partial charge in [-0.1, -0.05) is 65.8 Å². The molecule has 1 aromatic heterocycles. The second kappa shape index (κ2) is 6.65.